The molecular weight excluding hydrogens is 363 g/mol. The maximum absolute atomic E-state index is 14.7. The number of hydrogen-bond donors (Lipinski definition) is 0. The van der Waals surface area contributed by atoms with Gasteiger partial charge in [0.05, 0.1) is 11.6 Å². The Kier molecular flexibility index (Phi) is 4.79. The maximum atomic E-state index is 14.7. The van der Waals surface area contributed by atoms with E-state index in [1.54, 1.807) is 6.07 Å². The molecule has 0 amide bonds. The fraction of sp³-hybridized carbons (Fsp3) is 0.278. The first-order valence-electron chi connectivity index (χ1n) is 7.27. The Morgan fingerprint density at radius 2 is 1.31 bits per heavy atom. The van der Waals surface area contributed by atoms with Crippen LogP contribution >= 0.6 is 0 Å². The van der Waals surface area contributed by atoms with Crippen LogP contribution in [-0.2, 0) is 5.67 Å². The summed E-state index contributed by atoms with van der Waals surface area (Å²) in [5, 5.41) is 8.78. The third kappa shape index (κ3) is 3.14. The number of hydrogen-bond acceptors (Lipinski definition) is 1. The van der Waals surface area contributed by atoms with E-state index in [0.29, 0.717) is 6.07 Å². The van der Waals surface area contributed by atoms with Gasteiger partial charge in [0.1, 0.15) is 0 Å². The molecule has 0 aliphatic rings. The van der Waals surface area contributed by atoms with Gasteiger partial charge >= 0.3 is 18.0 Å². The van der Waals surface area contributed by atoms with Crippen LogP contribution in [0, 0.1) is 25.2 Å². The van der Waals surface area contributed by atoms with Crippen LogP contribution in [0.25, 0.3) is 11.1 Å². The fourth-order valence-electron chi connectivity index (χ4n) is 2.80. The van der Waals surface area contributed by atoms with Crippen LogP contribution < -0.4 is 0 Å². The van der Waals surface area contributed by atoms with Gasteiger partial charge in [0.2, 0.25) is 0 Å². The fourth-order valence-corrected chi connectivity index (χ4v) is 2.80. The normalized spacial score (nSPS) is 12.8. The maximum Gasteiger partial charge on any atom is 0.435 e. The molecule has 0 spiro atoms. The summed E-state index contributed by atoms with van der Waals surface area (Å²) in [5.74, 6) is 0. The first-order valence-corrected chi connectivity index (χ1v) is 7.27. The second-order valence-electron chi connectivity index (χ2n) is 5.85. The van der Waals surface area contributed by atoms with Gasteiger partial charge in [-0.15, -0.1) is 0 Å². The molecule has 0 heterocycles. The Hall–Kier alpha value is -2.56. The van der Waals surface area contributed by atoms with E-state index in [2.05, 4.69) is 0 Å². The number of nitriles is 1. The van der Waals surface area contributed by atoms with Crippen molar-refractivity contribution >= 4 is 0 Å². The van der Waals surface area contributed by atoms with Crippen molar-refractivity contribution < 1.29 is 30.7 Å². The van der Waals surface area contributed by atoms with Crippen molar-refractivity contribution in [1.82, 2.24) is 0 Å². The highest BCUT2D eigenvalue weighted by molar-refractivity contribution is 5.73. The average molecular weight is 375 g/mol. The minimum atomic E-state index is -6.20. The molecule has 2 aromatic rings. The molecule has 0 N–H and O–H groups in total. The highest BCUT2D eigenvalue weighted by Gasteiger charge is 2.74. The standard InChI is InChI=1S/C18H12F7N/c1-10-7-11(2)15(13-5-3-12(9-26)4-6-13)14(8-10)16(19,17(20,21)22)18(23,24)25/h3-8H,1-2H3. The molecule has 0 saturated heterocycles. The molecule has 0 atom stereocenters. The molecule has 2 aromatic carbocycles. The first-order chi connectivity index (χ1) is 11.8. The minimum Gasteiger partial charge on any atom is -0.218 e. The molecule has 0 aliphatic carbocycles. The third-order valence-electron chi connectivity index (χ3n) is 3.93. The summed E-state index contributed by atoms with van der Waals surface area (Å²) in [6.45, 7) is 2.59. The number of aryl methyl sites for hydroxylation is 2. The van der Waals surface area contributed by atoms with Gasteiger partial charge in [0.15, 0.2) is 0 Å². The lowest BCUT2D eigenvalue weighted by molar-refractivity contribution is -0.348. The lowest BCUT2D eigenvalue weighted by Crippen LogP contribution is -2.50. The lowest BCUT2D eigenvalue weighted by atomic mass is 9.83. The minimum absolute atomic E-state index is 0.0491. The van der Waals surface area contributed by atoms with Crippen LogP contribution in [0.15, 0.2) is 36.4 Å². The van der Waals surface area contributed by atoms with E-state index < -0.39 is 29.1 Å². The van der Waals surface area contributed by atoms with Gasteiger partial charge in [-0.3, -0.25) is 0 Å². The Morgan fingerprint density at radius 1 is 0.808 bits per heavy atom. The second-order valence-corrected chi connectivity index (χ2v) is 5.85. The molecule has 0 bridgehead atoms. The topological polar surface area (TPSA) is 23.8 Å². The zero-order valence-electron chi connectivity index (χ0n) is 13.6. The number of rotatable bonds is 2. The third-order valence-corrected chi connectivity index (χ3v) is 3.93. The van der Waals surface area contributed by atoms with Crippen molar-refractivity contribution in [1.29, 1.82) is 5.26 Å². The molecule has 0 aromatic heterocycles. The van der Waals surface area contributed by atoms with E-state index >= 15 is 0 Å². The number of nitrogens with zero attached hydrogens (tertiary/aromatic N) is 1. The van der Waals surface area contributed by atoms with E-state index in [-0.39, 0.29) is 22.3 Å². The van der Waals surface area contributed by atoms with Crippen LogP contribution in [-0.4, -0.2) is 12.4 Å². The summed E-state index contributed by atoms with van der Waals surface area (Å²) in [6, 6.07) is 8.56. The molecule has 1 nitrogen and oxygen atoms in total. The van der Waals surface area contributed by atoms with Crippen LogP contribution in [0.1, 0.15) is 22.3 Å². The molecule has 0 saturated carbocycles. The largest absolute Gasteiger partial charge is 0.435 e. The van der Waals surface area contributed by atoms with Crippen molar-refractivity contribution in [3.8, 4) is 17.2 Å². The summed E-state index contributed by atoms with van der Waals surface area (Å²) >= 11 is 0. The van der Waals surface area contributed by atoms with Crippen molar-refractivity contribution in [2.75, 3.05) is 0 Å². The molecule has 26 heavy (non-hydrogen) atoms. The Balaban J connectivity index is 2.90. The highest BCUT2D eigenvalue weighted by atomic mass is 19.4. The smallest absolute Gasteiger partial charge is 0.218 e. The summed E-state index contributed by atoms with van der Waals surface area (Å²) < 4.78 is 94.0. The molecular formula is C18H12F7N. The van der Waals surface area contributed by atoms with E-state index in [4.69, 9.17) is 5.26 Å². The Morgan fingerprint density at radius 3 is 1.73 bits per heavy atom. The van der Waals surface area contributed by atoms with Crippen molar-refractivity contribution in [3.63, 3.8) is 0 Å². The van der Waals surface area contributed by atoms with Gasteiger partial charge in [-0.25, -0.2) is 4.39 Å². The van der Waals surface area contributed by atoms with Crippen LogP contribution in [0.2, 0.25) is 0 Å². The predicted molar refractivity (Wildman–Crippen MR) is 81.0 cm³/mol. The van der Waals surface area contributed by atoms with E-state index in [1.165, 1.54) is 44.2 Å². The summed E-state index contributed by atoms with van der Waals surface area (Å²) in [5.41, 5.74) is -7.31. The molecule has 138 valence electrons. The van der Waals surface area contributed by atoms with Crippen molar-refractivity contribution in [2.24, 2.45) is 0 Å². The molecule has 2 rings (SSSR count). The number of alkyl halides is 7. The van der Waals surface area contributed by atoms with E-state index in [9.17, 15) is 30.7 Å². The molecule has 8 heteroatoms. The number of halogens is 7. The summed E-state index contributed by atoms with van der Waals surface area (Å²) in [6.07, 6.45) is -12.4. The van der Waals surface area contributed by atoms with E-state index in [1.807, 2.05) is 0 Å². The van der Waals surface area contributed by atoms with Gasteiger partial charge in [-0.2, -0.15) is 31.6 Å². The van der Waals surface area contributed by atoms with Crippen LogP contribution in [0.5, 0.6) is 0 Å². The molecule has 0 radical (unpaired) electrons. The van der Waals surface area contributed by atoms with Crippen molar-refractivity contribution in [2.45, 2.75) is 31.9 Å². The summed E-state index contributed by atoms with van der Waals surface area (Å²) in [4.78, 5) is 0. The quantitative estimate of drug-likeness (QED) is 0.579. The number of benzene rings is 2. The van der Waals surface area contributed by atoms with Crippen molar-refractivity contribution in [3.05, 3.63) is 58.7 Å². The van der Waals surface area contributed by atoms with Gasteiger partial charge in [-0.1, -0.05) is 29.8 Å². The first kappa shape index (κ1) is 19.8. The van der Waals surface area contributed by atoms with Gasteiger partial charge in [0.25, 0.3) is 0 Å². The summed E-state index contributed by atoms with van der Waals surface area (Å²) in [7, 11) is 0. The second kappa shape index (κ2) is 6.31. The molecule has 0 aliphatic heterocycles. The Labute approximate surface area is 144 Å². The zero-order valence-corrected chi connectivity index (χ0v) is 13.6. The van der Waals surface area contributed by atoms with Crippen LogP contribution in [0.3, 0.4) is 0 Å². The molecule has 0 fully saturated rings. The van der Waals surface area contributed by atoms with Gasteiger partial charge < -0.3 is 0 Å². The SMILES string of the molecule is Cc1cc(C)c(-c2ccc(C#N)cc2)c(C(F)(C(F)(F)F)C(F)(F)F)c1. The monoisotopic (exact) mass is 375 g/mol. The van der Waals surface area contributed by atoms with Gasteiger partial charge in [0, 0.05) is 5.56 Å². The Bertz CT molecular complexity index is 841. The zero-order chi connectivity index (χ0) is 19.9. The van der Waals surface area contributed by atoms with E-state index in [0.717, 1.165) is 0 Å². The van der Waals surface area contributed by atoms with Gasteiger partial charge in [-0.05, 0) is 42.7 Å². The highest BCUT2D eigenvalue weighted by Crippen LogP contribution is 2.55. The van der Waals surface area contributed by atoms with Crippen LogP contribution in [0.4, 0.5) is 30.7 Å². The lowest BCUT2D eigenvalue weighted by Gasteiger charge is -2.32. The average Bonchev–Trinajstić information content (AvgIpc) is 2.51. The predicted octanol–water partition coefficient (Wildman–Crippen LogP) is 6.13. The molecule has 0 unspecified atom stereocenters.